The first kappa shape index (κ1) is 12.4. The van der Waals surface area contributed by atoms with Crippen LogP contribution in [-0.4, -0.2) is 5.97 Å². The highest BCUT2D eigenvalue weighted by atomic mass is 35.5. The largest absolute Gasteiger partial charge is 0.423 e. The van der Waals surface area contributed by atoms with Crippen molar-refractivity contribution in [1.29, 1.82) is 0 Å². The Morgan fingerprint density at radius 1 is 1.06 bits per heavy atom. The lowest BCUT2D eigenvalue weighted by Gasteiger charge is -2.06. The first-order chi connectivity index (χ1) is 8.66. The Morgan fingerprint density at radius 2 is 1.78 bits per heavy atom. The smallest absolute Gasteiger partial charge is 0.343 e. The van der Waals surface area contributed by atoms with Crippen LogP contribution in [0.25, 0.3) is 5.57 Å². The van der Waals surface area contributed by atoms with E-state index in [0.29, 0.717) is 16.3 Å². The average molecular weight is 259 g/mol. The zero-order valence-corrected chi connectivity index (χ0v) is 10.4. The van der Waals surface area contributed by atoms with Gasteiger partial charge in [-0.15, -0.1) is 0 Å². The highest BCUT2D eigenvalue weighted by Gasteiger charge is 2.11. The second-order valence-electron chi connectivity index (χ2n) is 3.69. The van der Waals surface area contributed by atoms with Gasteiger partial charge in [0.2, 0.25) is 0 Å². The van der Waals surface area contributed by atoms with E-state index >= 15 is 0 Å². The maximum absolute atomic E-state index is 11.9. The summed E-state index contributed by atoms with van der Waals surface area (Å²) >= 11 is 5.81. The van der Waals surface area contributed by atoms with Gasteiger partial charge in [0.05, 0.1) is 5.57 Å². The molecule has 0 saturated heterocycles. The molecule has 0 fully saturated rings. The standard InChI is InChI=1S/C15H11ClO2/c1-11(12-6-3-2-4-7-12)15(17)18-14-9-5-8-13(16)10-14/h2-10H,1H2. The van der Waals surface area contributed by atoms with Gasteiger partial charge < -0.3 is 4.74 Å². The molecule has 0 aliphatic carbocycles. The second-order valence-corrected chi connectivity index (χ2v) is 4.13. The predicted octanol–water partition coefficient (Wildman–Crippen LogP) is 3.96. The molecule has 0 unspecified atom stereocenters. The number of hydrogen-bond acceptors (Lipinski definition) is 2. The highest BCUT2D eigenvalue weighted by Crippen LogP contribution is 2.20. The minimum absolute atomic E-state index is 0.315. The predicted molar refractivity (Wildman–Crippen MR) is 72.6 cm³/mol. The van der Waals surface area contributed by atoms with Crippen molar-refractivity contribution in [3.8, 4) is 5.75 Å². The molecule has 2 aromatic rings. The third kappa shape index (κ3) is 2.99. The maximum atomic E-state index is 11.9. The molecule has 0 bridgehead atoms. The molecular weight excluding hydrogens is 248 g/mol. The Bertz CT molecular complexity index is 576. The van der Waals surface area contributed by atoms with Crippen molar-refractivity contribution >= 4 is 23.1 Å². The summed E-state index contributed by atoms with van der Waals surface area (Å²) in [6.45, 7) is 3.74. The third-order valence-corrected chi connectivity index (χ3v) is 2.61. The summed E-state index contributed by atoms with van der Waals surface area (Å²) in [5.74, 6) is -0.0759. The minimum Gasteiger partial charge on any atom is -0.423 e. The van der Waals surface area contributed by atoms with Crippen LogP contribution in [0, 0.1) is 0 Å². The molecule has 18 heavy (non-hydrogen) atoms. The summed E-state index contributed by atoms with van der Waals surface area (Å²) in [7, 11) is 0. The monoisotopic (exact) mass is 258 g/mol. The Balaban J connectivity index is 2.11. The van der Waals surface area contributed by atoms with Crippen LogP contribution in [0.2, 0.25) is 5.02 Å². The molecule has 0 amide bonds. The van der Waals surface area contributed by atoms with Crippen LogP contribution < -0.4 is 4.74 Å². The van der Waals surface area contributed by atoms with Gasteiger partial charge in [-0.25, -0.2) is 4.79 Å². The maximum Gasteiger partial charge on any atom is 0.343 e. The van der Waals surface area contributed by atoms with E-state index in [1.54, 1.807) is 24.3 Å². The van der Waals surface area contributed by atoms with Crippen molar-refractivity contribution < 1.29 is 9.53 Å². The van der Waals surface area contributed by atoms with Gasteiger partial charge in [-0.05, 0) is 23.8 Å². The number of ether oxygens (including phenoxy) is 1. The number of carbonyl (C=O) groups excluding carboxylic acids is 1. The van der Waals surface area contributed by atoms with E-state index < -0.39 is 5.97 Å². The second kappa shape index (κ2) is 5.52. The molecule has 0 aliphatic heterocycles. The lowest BCUT2D eigenvalue weighted by molar-refractivity contribution is -0.127. The third-order valence-electron chi connectivity index (χ3n) is 2.38. The van der Waals surface area contributed by atoms with E-state index in [4.69, 9.17) is 16.3 Å². The van der Waals surface area contributed by atoms with E-state index in [0.717, 1.165) is 5.56 Å². The molecule has 0 saturated carbocycles. The fourth-order valence-corrected chi connectivity index (χ4v) is 1.64. The van der Waals surface area contributed by atoms with Crippen LogP contribution in [0.4, 0.5) is 0 Å². The molecule has 90 valence electrons. The molecule has 0 radical (unpaired) electrons. The SMILES string of the molecule is C=C(C(=O)Oc1cccc(Cl)c1)c1ccccc1. The quantitative estimate of drug-likeness (QED) is 0.473. The van der Waals surface area contributed by atoms with E-state index in [1.165, 1.54) is 0 Å². The van der Waals surface area contributed by atoms with Gasteiger partial charge in [-0.3, -0.25) is 0 Å². The number of carbonyl (C=O) groups is 1. The molecule has 0 heterocycles. The molecule has 0 spiro atoms. The minimum atomic E-state index is -0.483. The number of halogens is 1. The van der Waals surface area contributed by atoms with Gasteiger partial charge in [0.15, 0.2) is 0 Å². The molecule has 2 nitrogen and oxygen atoms in total. The topological polar surface area (TPSA) is 26.3 Å². The zero-order chi connectivity index (χ0) is 13.0. The van der Waals surface area contributed by atoms with Gasteiger partial charge >= 0.3 is 5.97 Å². The number of rotatable bonds is 3. The van der Waals surface area contributed by atoms with Crippen LogP contribution in [0.3, 0.4) is 0 Å². The number of esters is 1. The first-order valence-corrected chi connectivity index (χ1v) is 5.76. The van der Waals surface area contributed by atoms with Gasteiger partial charge in [-0.1, -0.05) is 54.6 Å². The molecule has 0 N–H and O–H groups in total. The summed E-state index contributed by atoms with van der Waals surface area (Å²) in [5, 5.41) is 0.519. The van der Waals surface area contributed by atoms with Gasteiger partial charge in [0.1, 0.15) is 5.75 Å². The Labute approximate surface area is 110 Å². The van der Waals surface area contributed by atoms with Crippen molar-refractivity contribution in [2.24, 2.45) is 0 Å². The molecule has 3 heteroatoms. The average Bonchev–Trinajstić information content (AvgIpc) is 2.39. The zero-order valence-electron chi connectivity index (χ0n) is 9.60. The van der Waals surface area contributed by atoms with Crippen molar-refractivity contribution in [2.45, 2.75) is 0 Å². The van der Waals surface area contributed by atoms with Gasteiger partial charge in [0.25, 0.3) is 0 Å². The van der Waals surface area contributed by atoms with E-state index in [2.05, 4.69) is 6.58 Å². The fourth-order valence-electron chi connectivity index (χ4n) is 1.46. The number of benzene rings is 2. The number of hydrogen-bond donors (Lipinski definition) is 0. The van der Waals surface area contributed by atoms with Crippen molar-refractivity contribution in [3.05, 3.63) is 71.8 Å². The van der Waals surface area contributed by atoms with E-state index in [9.17, 15) is 4.79 Å². The van der Waals surface area contributed by atoms with E-state index in [1.807, 2.05) is 30.3 Å². The van der Waals surface area contributed by atoms with Crippen LogP contribution in [-0.2, 0) is 4.79 Å². The molecule has 2 rings (SSSR count). The first-order valence-electron chi connectivity index (χ1n) is 5.39. The molecule has 0 atom stereocenters. The normalized spacial score (nSPS) is 9.83. The van der Waals surface area contributed by atoms with Crippen LogP contribution in [0.1, 0.15) is 5.56 Å². The lowest BCUT2D eigenvalue weighted by atomic mass is 10.1. The summed E-state index contributed by atoms with van der Waals surface area (Å²) in [5.41, 5.74) is 1.06. The van der Waals surface area contributed by atoms with Crippen molar-refractivity contribution in [2.75, 3.05) is 0 Å². The lowest BCUT2D eigenvalue weighted by Crippen LogP contribution is -2.09. The molecule has 2 aromatic carbocycles. The van der Waals surface area contributed by atoms with Crippen molar-refractivity contribution in [3.63, 3.8) is 0 Å². The summed E-state index contributed by atoms with van der Waals surface area (Å²) in [6.07, 6.45) is 0. The van der Waals surface area contributed by atoms with Crippen LogP contribution in [0.15, 0.2) is 61.2 Å². The molecular formula is C15H11ClO2. The van der Waals surface area contributed by atoms with Gasteiger partial charge in [-0.2, -0.15) is 0 Å². The highest BCUT2D eigenvalue weighted by molar-refractivity contribution is 6.30. The summed E-state index contributed by atoms with van der Waals surface area (Å²) in [4.78, 5) is 11.9. The van der Waals surface area contributed by atoms with Crippen LogP contribution in [0.5, 0.6) is 5.75 Å². The Morgan fingerprint density at radius 3 is 2.44 bits per heavy atom. The summed E-state index contributed by atoms with van der Waals surface area (Å²) in [6, 6.07) is 15.9. The van der Waals surface area contributed by atoms with E-state index in [-0.39, 0.29) is 0 Å². The Kier molecular flexibility index (Phi) is 3.80. The molecule has 0 aliphatic rings. The van der Waals surface area contributed by atoms with Crippen molar-refractivity contribution in [1.82, 2.24) is 0 Å². The van der Waals surface area contributed by atoms with Crippen LogP contribution >= 0.6 is 11.6 Å². The summed E-state index contributed by atoms with van der Waals surface area (Å²) < 4.78 is 5.19. The fraction of sp³-hybridized carbons (Fsp3) is 0. The Hall–Kier alpha value is -2.06. The van der Waals surface area contributed by atoms with Gasteiger partial charge in [0, 0.05) is 5.02 Å². The molecule has 0 aromatic heterocycles.